The molecule has 3 rings (SSSR count). The lowest BCUT2D eigenvalue weighted by Gasteiger charge is -2.31. The van der Waals surface area contributed by atoms with Gasteiger partial charge in [-0.15, -0.1) is 0 Å². The van der Waals surface area contributed by atoms with E-state index in [1.165, 1.54) is 19.0 Å². The van der Waals surface area contributed by atoms with Crippen molar-refractivity contribution in [2.24, 2.45) is 5.92 Å². The molecule has 6 heteroatoms. The number of ether oxygens (including phenoxy) is 1. The Labute approximate surface area is 141 Å². The molecule has 126 valence electrons. The molecule has 24 heavy (non-hydrogen) atoms. The molecule has 1 saturated heterocycles. The topological polar surface area (TPSA) is 67.3 Å². The van der Waals surface area contributed by atoms with Gasteiger partial charge < -0.3 is 15.0 Å². The highest BCUT2D eigenvalue weighted by molar-refractivity contribution is 6.02. The van der Waals surface area contributed by atoms with E-state index in [0.717, 1.165) is 18.9 Å². The lowest BCUT2D eigenvalue weighted by Crippen LogP contribution is -2.35. The number of hydrogen-bond acceptors (Lipinski definition) is 5. The summed E-state index contributed by atoms with van der Waals surface area (Å²) in [5, 5.41) is 2.80. The third-order valence-electron chi connectivity index (χ3n) is 4.18. The predicted molar refractivity (Wildman–Crippen MR) is 93.6 cm³/mol. The molecule has 2 heterocycles. The molecule has 1 amide bonds. The van der Waals surface area contributed by atoms with E-state index >= 15 is 0 Å². The van der Waals surface area contributed by atoms with Gasteiger partial charge in [0.1, 0.15) is 17.3 Å². The Bertz CT molecular complexity index is 702. The van der Waals surface area contributed by atoms with E-state index in [2.05, 4.69) is 27.1 Å². The zero-order chi connectivity index (χ0) is 16.9. The Morgan fingerprint density at radius 1 is 1.33 bits per heavy atom. The summed E-state index contributed by atoms with van der Waals surface area (Å²) >= 11 is 0. The third-order valence-corrected chi connectivity index (χ3v) is 4.18. The molecule has 1 N–H and O–H groups in total. The van der Waals surface area contributed by atoms with Gasteiger partial charge in [-0.25, -0.2) is 9.97 Å². The minimum Gasteiger partial charge on any atom is -0.497 e. The fourth-order valence-corrected chi connectivity index (χ4v) is 2.90. The summed E-state index contributed by atoms with van der Waals surface area (Å²) in [7, 11) is 1.59. The van der Waals surface area contributed by atoms with Crippen molar-refractivity contribution < 1.29 is 9.53 Å². The molecule has 0 saturated carbocycles. The van der Waals surface area contributed by atoms with Crippen molar-refractivity contribution in [1.29, 1.82) is 0 Å². The summed E-state index contributed by atoms with van der Waals surface area (Å²) in [5.74, 6) is 1.90. The van der Waals surface area contributed by atoms with E-state index in [9.17, 15) is 4.79 Å². The van der Waals surface area contributed by atoms with E-state index in [-0.39, 0.29) is 5.91 Å². The van der Waals surface area contributed by atoms with Gasteiger partial charge in [-0.3, -0.25) is 4.79 Å². The zero-order valence-electron chi connectivity index (χ0n) is 14.0. The first-order valence-corrected chi connectivity index (χ1v) is 8.18. The average molecular weight is 326 g/mol. The number of rotatable bonds is 4. The normalized spacial score (nSPS) is 17.4. The highest BCUT2D eigenvalue weighted by Crippen LogP contribution is 2.21. The van der Waals surface area contributed by atoms with Crippen LogP contribution in [0.1, 0.15) is 30.3 Å². The first-order chi connectivity index (χ1) is 11.7. The summed E-state index contributed by atoms with van der Waals surface area (Å²) in [4.78, 5) is 23.2. The quantitative estimate of drug-likeness (QED) is 0.935. The van der Waals surface area contributed by atoms with Crippen molar-refractivity contribution in [2.75, 3.05) is 30.4 Å². The van der Waals surface area contributed by atoms with Gasteiger partial charge in [0.25, 0.3) is 5.91 Å². The van der Waals surface area contributed by atoms with Crippen LogP contribution in [0, 0.1) is 5.92 Å². The number of amides is 1. The van der Waals surface area contributed by atoms with Gasteiger partial charge in [-0.2, -0.15) is 0 Å². The summed E-state index contributed by atoms with van der Waals surface area (Å²) in [6, 6.07) is 7.21. The van der Waals surface area contributed by atoms with Crippen LogP contribution in [0.15, 0.2) is 36.7 Å². The lowest BCUT2D eigenvalue weighted by molar-refractivity contribution is 0.102. The van der Waals surface area contributed by atoms with Crippen molar-refractivity contribution in [1.82, 2.24) is 9.97 Å². The molecule has 1 fully saturated rings. The molecule has 1 aromatic carbocycles. The molecule has 2 aromatic rings. The Balaban J connectivity index is 1.67. The van der Waals surface area contributed by atoms with Crippen LogP contribution in [0.4, 0.5) is 11.5 Å². The van der Waals surface area contributed by atoms with Gasteiger partial charge >= 0.3 is 0 Å². The van der Waals surface area contributed by atoms with Crippen LogP contribution in [-0.4, -0.2) is 36.1 Å². The maximum Gasteiger partial charge on any atom is 0.275 e. The predicted octanol–water partition coefficient (Wildman–Crippen LogP) is 2.97. The Kier molecular flexibility index (Phi) is 4.93. The molecule has 1 aliphatic heterocycles. The van der Waals surface area contributed by atoms with E-state index in [0.29, 0.717) is 23.0 Å². The van der Waals surface area contributed by atoms with E-state index in [1.807, 2.05) is 12.1 Å². The van der Waals surface area contributed by atoms with Crippen LogP contribution >= 0.6 is 0 Å². The first kappa shape index (κ1) is 16.2. The van der Waals surface area contributed by atoms with Gasteiger partial charge in [0.05, 0.1) is 19.5 Å². The van der Waals surface area contributed by atoms with Crippen LogP contribution in [0.25, 0.3) is 0 Å². The monoisotopic (exact) mass is 326 g/mol. The number of benzene rings is 1. The van der Waals surface area contributed by atoms with Crippen molar-refractivity contribution >= 4 is 17.4 Å². The smallest absolute Gasteiger partial charge is 0.275 e. The summed E-state index contributed by atoms with van der Waals surface area (Å²) in [6.45, 7) is 4.23. The second-order valence-corrected chi connectivity index (χ2v) is 6.14. The number of carbonyl (C=O) groups is 1. The van der Waals surface area contributed by atoms with Crippen molar-refractivity contribution in [3.8, 4) is 5.75 Å². The van der Waals surface area contributed by atoms with Gasteiger partial charge in [0.2, 0.25) is 0 Å². The summed E-state index contributed by atoms with van der Waals surface area (Å²) < 4.78 is 5.15. The Hall–Kier alpha value is -2.63. The fraction of sp³-hybridized carbons (Fsp3) is 0.389. The number of piperidine rings is 1. The molecule has 0 spiro atoms. The van der Waals surface area contributed by atoms with Gasteiger partial charge in [0, 0.05) is 24.8 Å². The number of aromatic nitrogens is 2. The molecule has 0 bridgehead atoms. The number of nitrogens with one attached hydrogen (secondary N) is 1. The highest BCUT2D eigenvalue weighted by Gasteiger charge is 2.18. The highest BCUT2D eigenvalue weighted by atomic mass is 16.5. The summed E-state index contributed by atoms with van der Waals surface area (Å²) in [6.07, 6.45) is 5.63. The molecule has 0 radical (unpaired) electrons. The van der Waals surface area contributed by atoms with Crippen molar-refractivity contribution in [3.63, 3.8) is 0 Å². The van der Waals surface area contributed by atoms with Crippen molar-refractivity contribution in [3.05, 3.63) is 42.4 Å². The van der Waals surface area contributed by atoms with Gasteiger partial charge in [-0.05, 0) is 30.9 Å². The second kappa shape index (κ2) is 7.29. The number of methoxy groups -OCH3 is 1. The van der Waals surface area contributed by atoms with Crippen molar-refractivity contribution in [2.45, 2.75) is 19.8 Å². The molecule has 1 aromatic heterocycles. The summed E-state index contributed by atoms with van der Waals surface area (Å²) in [5.41, 5.74) is 0.960. The molecule has 1 unspecified atom stereocenters. The van der Waals surface area contributed by atoms with E-state index < -0.39 is 0 Å². The van der Waals surface area contributed by atoms with E-state index in [1.54, 1.807) is 25.4 Å². The number of anilines is 2. The Morgan fingerprint density at radius 3 is 2.92 bits per heavy atom. The second-order valence-electron chi connectivity index (χ2n) is 6.14. The standard InChI is InChI=1S/C18H22N4O2/c1-13-5-4-8-22(12-13)17-11-19-16(10-20-17)18(23)21-14-6-3-7-15(9-14)24-2/h3,6-7,9-11,13H,4-5,8,12H2,1-2H3,(H,21,23). The van der Waals surface area contributed by atoms with Gasteiger partial charge in [-0.1, -0.05) is 13.0 Å². The van der Waals surface area contributed by atoms with E-state index in [4.69, 9.17) is 4.74 Å². The van der Waals surface area contributed by atoms with Gasteiger partial charge in [0.15, 0.2) is 0 Å². The average Bonchev–Trinajstić information content (AvgIpc) is 2.62. The Morgan fingerprint density at radius 2 is 2.21 bits per heavy atom. The molecular weight excluding hydrogens is 304 g/mol. The SMILES string of the molecule is COc1cccc(NC(=O)c2cnc(N3CCCC(C)C3)cn2)c1. The maximum atomic E-state index is 12.3. The van der Waals surface area contributed by atoms with Crippen LogP contribution in [0.5, 0.6) is 5.75 Å². The molecule has 6 nitrogen and oxygen atoms in total. The minimum atomic E-state index is -0.283. The molecule has 0 aliphatic carbocycles. The van der Waals surface area contributed by atoms with Crippen LogP contribution < -0.4 is 15.0 Å². The van der Waals surface area contributed by atoms with Crippen LogP contribution in [0.3, 0.4) is 0 Å². The van der Waals surface area contributed by atoms with Crippen LogP contribution in [0.2, 0.25) is 0 Å². The zero-order valence-corrected chi connectivity index (χ0v) is 14.0. The maximum absolute atomic E-state index is 12.3. The largest absolute Gasteiger partial charge is 0.497 e. The molecule has 1 atom stereocenters. The first-order valence-electron chi connectivity index (χ1n) is 8.18. The lowest BCUT2D eigenvalue weighted by atomic mass is 10.0. The number of nitrogens with zero attached hydrogens (tertiary/aromatic N) is 3. The van der Waals surface area contributed by atoms with Crippen LogP contribution in [-0.2, 0) is 0 Å². The minimum absolute atomic E-state index is 0.283. The fourth-order valence-electron chi connectivity index (χ4n) is 2.90. The number of hydrogen-bond donors (Lipinski definition) is 1. The third kappa shape index (κ3) is 3.82. The molecular formula is C18H22N4O2. The number of carbonyl (C=O) groups excluding carboxylic acids is 1. The molecule has 1 aliphatic rings.